The smallest absolute Gasteiger partial charge is 0.781 e. The molecule has 0 heterocycles. The zero-order valence-corrected chi connectivity index (χ0v) is 17.3. The molecule has 0 aliphatic rings. The Morgan fingerprint density at radius 2 is 0.542 bits per heavy atom. The van der Waals surface area contributed by atoms with E-state index in [1.54, 1.807) is 0 Å². The second kappa shape index (κ2) is 80.3. The van der Waals surface area contributed by atoms with Crippen LogP contribution in [0.25, 0.3) is 0 Å². The minimum Gasteiger partial charge on any atom is -0.781 e. The maximum Gasteiger partial charge on any atom is 3.00 e. The van der Waals surface area contributed by atoms with Gasteiger partial charge >= 0.3 is 34.1 Å². The molecule has 10 heteroatoms. The average molecular weight is 458 g/mol. The second-order valence-corrected chi connectivity index (χ2v) is 3.47. The van der Waals surface area contributed by atoms with E-state index in [0.29, 0.717) is 0 Å². The van der Waals surface area contributed by atoms with E-state index >= 15 is 0 Å². The second-order valence-electron chi connectivity index (χ2n) is 2.66. The van der Waals surface area contributed by atoms with E-state index in [4.69, 9.17) is 54.0 Å². The van der Waals surface area contributed by atoms with Crippen LogP contribution in [-0.2, 0) is 88.2 Å². The average Bonchev–Trinajstić information content (AvgIpc) is 2.63. The van der Waals surface area contributed by atoms with E-state index in [1.165, 1.54) is 0 Å². The summed E-state index contributed by atoms with van der Waals surface area (Å²) in [6, 6.07) is 0. The van der Waals surface area contributed by atoms with Crippen LogP contribution in [0.4, 0.5) is 0 Å². The predicted molar refractivity (Wildman–Crippen MR) is 92.0 cm³/mol. The monoisotopic (exact) mass is 458 g/mol. The molecule has 0 aromatic carbocycles. The summed E-state index contributed by atoms with van der Waals surface area (Å²) >= 11 is 10.2. The fraction of sp³-hybridized carbons (Fsp3) is 0.286. The van der Waals surface area contributed by atoms with Gasteiger partial charge in [0.2, 0.25) is 0 Å². The Labute approximate surface area is 177 Å². The van der Waals surface area contributed by atoms with Crippen LogP contribution in [0.3, 0.4) is 0 Å². The summed E-state index contributed by atoms with van der Waals surface area (Å²) in [4.78, 5) is 48.2. The predicted octanol–water partition coefficient (Wildman–Crippen LogP) is 1.02. The van der Waals surface area contributed by atoms with E-state index in [2.05, 4.69) is 40.7 Å². The quantitative estimate of drug-likeness (QED) is 0.189. The van der Waals surface area contributed by atoms with Crippen molar-refractivity contribution < 1.29 is 62.9 Å². The normalized spacial score (nSPS) is 4.67. The van der Waals surface area contributed by atoms with Gasteiger partial charge in [0.15, 0.2) is 0 Å². The van der Waals surface area contributed by atoms with Crippen molar-refractivity contribution in [3.63, 3.8) is 0 Å². The largest absolute Gasteiger partial charge is 3.00 e. The zero-order chi connectivity index (χ0) is 20.3. The maximum absolute atomic E-state index is 7.75. The SMILES string of the molecule is CC(C)=C([S-])C([S-])=C(C)C.[CH-]=O.[CH-]=O.[CH-]=O.[CH-]=O.[CH-]=O.[CH-]=O.[Fe+3].[Fe+3]. The number of rotatable bonds is 1. The van der Waals surface area contributed by atoms with Gasteiger partial charge in [0.1, 0.15) is 0 Å². The van der Waals surface area contributed by atoms with Gasteiger partial charge in [-0.2, -0.15) is 9.81 Å². The first kappa shape index (κ1) is 56.8. The Bertz CT molecular complexity index is 245. The fourth-order valence-corrected chi connectivity index (χ4v) is 0.862. The molecular weight excluding hydrogens is 440 g/mol. The van der Waals surface area contributed by atoms with Crippen LogP contribution in [-0.4, -0.2) is 40.7 Å². The number of carbonyl (C=O) groups excluding carboxylic acids is 6. The molecule has 0 spiro atoms. The van der Waals surface area contributed by atoms with Crippen LogP contribution in [0.5, 0.6) is 0 Å². The summed E-state index contributed by atoms with van der Waals surface area (Å²) in [5.74, 6) is 0. The molecule has 0 fully saturated rings. The first-order valence-corrected chi connectivity index (χ1v) is 5.39. The van der Waals surface area contributed by atoms with Crippen molar-refractivity contribution in [2.45, 2.75) is 27.7 Å². The van der Waals surface area contributed by atoms with Crippen LogP contribution in [0.15, 0.2) is 21.0 Å². The molecule has 0 aliphatic heterocycles. The summed E-state index contributed by atoms with van der Waals surface area (Å²) in [5.41, 5.74) is 2.25. The van der Waals surface area contributed by atoms with E-state index in [1.807, 2.05) is 27.7 Å². The van der Waals surface area contributed by atoms with Gasteiger partial charge in [-0.3, -0.25) is 40.7 Å². The van der Waals surface area contributed by atoms with Crippen molar-refractivity contribution in [2.75, 3.05) is 0 Å². The molecule has 6 nitrogen and oxygen atoms in total. The van der Waals surface area contributed by atoms with Gasteiger partial charge in [-0.25, -0.2) is 0 Å². The molecule has 0 N–H and O–H groups in total. The molecule has 140 valence electrons. The Kier molecular flexibility index (Phi) is 190. The zero-order valence-electron chi connectivity index (χ0n) is 13.4. The van der Waals surface area contributed by atoms with Crippen LogP contribution >= 0.6 is 0 Å². The first-order chi connectivity index (χ1) is 10.5. The Balaban J connectivity index is -0.0000000196. The Hall–Kier alpha value is -1.02. The third-order valence-corrected chi connectivity index (χ3v) is 2.47. The van der Waals surface area contributed by atoms with Crippen molar-refractivity contribution in [3.05, 3.63) is 21.0 Å². The molecule has 0 aliphatic carbocycles. The van der Waals surface area contributed by atoms with Crippen LogP contribution in [0.1, 0.15) is 27.7 Å². The molecule has 2 radical (unpaired) electrons. The Morgan fingerprint density at radius 3 is 0.583 bits per heavy atom. The number of hydrogen-bond acceptors (Lipinski definition) is 8. The van der Waals surface area contributed by atoms with Crippen molar-refractivity contribution in [1.29, 1.82) is 0 Å². The molecule has 0 rings (SSSR count). The van der Waals surface area contributed by atoms with Crippen LogP contribution in [0.2, 0.25) is 0 Å². The number of hydrogen-bond donors (Lipinski definition) is 0. The van der Waals surface area contributed by atoms with Gasteiger partial charge in [0.05, 0.1) is 0 Å². The molecule has 0 amide bonds. The summed E-state index contributed by atoms with van der Waals surface area (Å²) in [6.07, 6.45) is 0. The van der Waals surface area contributed by atoms with Gasteiger partial charge in [0, 0.05) is 0 Å². The molecular formula is C14H18Fe2O6S2-2. The minimum atomic E-state index is 0. The first-order valence-electron chi connectivity index (χ1n) is 4.57. The molecule has 0 aromatic rings. The van der Waals surface area contributed by atoms with Crippen molar-refractivity contribution in [1.82, 2.24) is 0 Å². The fourth-order valence-electron chi connectivity index (χ4n) is 0.454. The minimum absolute atomic E-state index is 0. The van der Waals surface area contributed by atoms with Gasteiger partial charge in [-0.15, -0.1) is 0 Å². The maximum atomic E-state index is 7.75. The molecule has 0 atom stereocenters. The van der Waals surface area contributed by atoms with E-state index in [-0.39, 0.29) is 34.1 Å². The molecule has 0 saturated heterocycles. The van der Waals surface area contributed by atoms with Crippen LogP contribution < -0.4 is 0 Å². The van der Waals surface area contributed by atoms with Gasteiger partial charge in [0.25, 0.3) is 0 Å². The third kappa shape index (κ3) is 69.5. The molecule has 0 bridgehead atoms. The van der Waals surface area contributed by atoms with Crippen LogP contribution in [0, 0.1) is 0 Å². The topological polar surface area (TPSA) is 102 Å². The van der Waals surface area contributed by atoms with E-state index in [9.17, 15) is 0 Å². The summed E-state index contributed by atoms with van der Waals surface area (Å²) in [5, 5.41) is 0. The number of allylic oxidation sites excluding steroid dienone is 2. The third-order valence-electron chi connectivity index (χ3n) is 1.11. The Morgan fingerprint density at radius 1 is 0.458 bits per heavy atom. The van der Waals surface area contributed by atoms with Gasteiger partial charge < -0.3 is 54.0 Å². The summed E-state index contributed by atoms with van der Waals surface area (Å²) in [7, 11) is 0. The summed E-state index contributed by atoms with van der Waals surface area (Å²) in [6.45, 7) is 27.4. The standard InChI is InChI=1S/C8H14S2.6CHO.2Fe/c1-5(2)7(9)8(10)6(3)4;6*1-2;;/h9-10H,1-4H3;6*1H;;/q;6*-1;2*+3/p-2. The van der Waals surface area contributed by atoms with Crippen molar-refractivity contribution in [2.24, 2.45) is 0 Å². The molecule has 0 saturated carbocycles. The van der Waals surface area contributed by atoms with Crippen molar-refractivity contribution >= 4 is 66.0 Å². The molecule has 0 unspecified atom stereocenters. The van der Waals surface area contributed by atoms with Crippen molar-refractivity contribution in [3.8, 4) is 0 Å². The van der Waals surface area contributed by atoms with E-state index < -0.39 is 0 Å². The van der Waals surface area contributed by atoms with Gasteiger partial charge in [-0.1, -0.05) is 11.1 Å². The van der Waals surface area contributed by atoms with Gasteiger partial charge in [-0.05, 0) is 27.7 Å². The summed E-state index contributed by atoms with van der Waals surface area (Å²) < 4.78 is 0. The van der Waals surface area contributed by atoms with E-state index in [0.717, 1.165) is 21.0 Å². The molecule has 24 heavy (non-hydrogen) atoms. The molecule has 0 aromatic heterocycles.